The van der Waals surface area contributed by atoms with E-state index in [1.807, 2.05) is 48.2 Å². The number of thiocarbonyl (C=S) groups is 1. The number of rotatable bonds is 5. The summed E-state index contributed by atoms with van der Waals surface area (Å²) in [5.74, 6) is 1.63. The van der Waals surface area contributed by atoms with Gasteiger partial charge in [-0.05, 0) is 55.5 Å². The lowest BCUT2D eigenvalue weighted by atomic mass is 10.2. The van der Waals surface area contributed by atoms with Crippen molar-refractivity contribution in [2.45, 2.75) is 13.5 Å². The second-order valence-corrected chi connectivity index (χ2v) is 4.35. The van der Waals surface area contributed by atoms with Crippen molar-refractivity contribution in [1.82, 2.24) is 0 Å². The Hall–Kier alpha value is -2.01. The number of anilines is 1. The summed E-state index contributed by atoms with van der Waals surface area (Å²) in [6.45, 7) is 3.10. The van der Waals surface area contributed by atoms with E-state index in [1.165, 1.54) is 0 Å². The van der Waals surface area contributed by atoms with E-state index in [-0.39, 0.29) is 0 Å². The highest BCUT2D eigenvalue weighted by Crippen LogP contribution is 2.21. The van der Waals surface area contributed by atoms with Gasteiger partial charge in [0.2, 0.25) is 0 Å². The first-order chi connectivity index (χ1) is 9.20. The summed E-state index contributed by atoms with van der Waals surface area (Å²) in [6, 6.07) is 11.4. The quantitative estimate of drug-likeness (QED) is 0.851. The van der Waals surface area contributed by atoms with E-state index in [2.05, 4.69) is 0 Å². The minimum atomic E-state index is 0.306. The molecular formula is C14H16N2O2S. The predicted molar refractivity (Wildman–Crippen MR) is 79.3 cm³/mol. The number of nitrogens with two attached hydrogens (primary N) is 1. The van der Waals surface area contributed by atoms with Gasteiger partial charge in [-0.15, -0.1) is 0 Å². The maximum absolute atomic E-state index is 5.77. The van der Waals surface area contributed by atoms with E-state index < -0.39 is 0 Å². The summed E-state index contributed by atoms with van der Waals surface area (Å²) < 4.78 is 10.7. The predicted octanol–water partition coefficient (Wildman–Crippen LogP) is 2.93. The maximum Gasteiger partial charge on any atom is 0.171 e. The Morgan fingerprint density at radius 2 is 2.05 bits per heavy atom. The normalized spacial score (nSPS) is 10.2. The van der Waals surface area contributed by atoms with E-state index in [1.54, 1.807) is 6.26 Å². The molecule has 0 atom stereocenters. The number of furan rings is 1. The molecular weight excluding hydrogens is 260 g/mol. The van der Waals surface area contributed by atoms with Gasteiger partial charge in [0.05, 0.1) is 19.4 Å². The summed E-state index contributed by atoms with van der Waals surface area (Å²) in [5, 5.41) is 0.306. The van der Waals surface area contributed by atoms with E-state index in [4.69, 9.17) is 27.1 Å². The van der Waals surface area contributed by atoms with Crippen molar-refractivity contribution in [3.05, 3.63) is 48.4 Å². The third-order valence-corrected chi connectivity index (χ3v) is 2.84. The number of nitrogens with zero attached hydrogens (tertiary/aromatic N) is 1. The molecule has 0 amide bonds. The van der Waals surface area contributed by atoms with Crippen molar-refractivity contribution in [2.75, 3.05) is 11.5 Å². The first-order valence-electron chi connectivity index (χ1n) is 6.03. The van der Waals surface area contributed by atoms with Crippen molar-refractivity contribution in [1.29, 1.82) is 0 Å². The van der Waals surface area contributed by atoms with Gasteiger partial charge in [0.15, 0.2) is 5.11 Å². The zero-order valence-corrected chi connectivity index (χ0v) is 11.5. The molecule has 1 aromatic heterocycles. The van der Waals surface area contributed by atoms with Gasteiger partial charge in [0.1, 0.15) is 11.5 Å². The first-order valence-corrected chi connectivity index (χ1v) is 6.43. The molecule has 0 unspecified atom stereocenters. The molecule has 1 aromatic carbocycles. The molecule has 0 saturated carbocycles. The molecule has 0 aliphatic heterocycles. The summed E-state index contributed by atoms with van der Waals surface area (Å²) in [5.41, 5.74) is 6.68. The molecule has 2 aromatic rings. The fraction of sp³-hybridized carbons (Fsp3) is 0.214. The molecule has 0 fully saturated rings. The third-order valence-electron chi connectivity index (χ3n) is 2.62. The Bertz CT molecular complexity index is 523. The van der Waals surface area contributed by atoms with Crippen LogP contribution in [0.1, 0.15) is 12.7 Å². The lowest BCUT2D eigenvalue weighted by molar-refractivity contribution is 0.340. The number of ether oxygens (including phenoxy) is 1. The van der Waals surface area contributed by atoms with Crippen LogP contribution in [0.15, 0.2) is 47.1 Å². The average molecular weight is 276 g/mol. The minimum absolute atomic E-state index is 0.306. The summed E-state index contributed by atoms with van der Waals surface area (Å²) in [4.78, 5) is 1.81. The number of hydrogen-bond donors (Lipinski definition) is 1. The van der Waals surface area contributed by atoms with Crippen LogP contribution in [0.4, 0.5) is 5.69 Å². The van der Waals surface area contributed by atoms with Gasteiger partial charge in [0.25, 0.3) is 0 Å². The molecule has 0 saturated heterocycles. The van der Waals surface area contributed by atoms with Gasteiger partial charge >= 0.3 is 0 Å². The molecule has 4 nitrogen and oxygen atoms in total. The lowest BCUT2D eigenvalue weighted by Crippen LogP contribution is -2.34. The standard InChI is InChI=1S/C14H16N2O2S/c1-2-17-12-7-5-11(6-8-12)16(14(15)19)10-13-4-3-9-18-13/h3-9H,2,10H2,1H3,(H2,15,19). The summed E-state index contributed by atoms with van der Waals surface area (Å²) in [7, 11) is 0. The van der Waals surface area contributed by atoms with Crippen LogP contribution in [0.3, 0.4) is 0 Å². The van der Waals surface area contributed by atoms with Crippen LogP contribution in [-0.4, -0.2) is 11.7 Å². The highest BCUT2D eigenvalue weighted by atomic mass is 32.1. The van der Waals surface area contributed by atoms with Gasteiger partial charge < -0.3 is 19.8 Å². The van der Waals surface area contributed by atoms with E-state index >= 15 is 0 Å². The number of benzene rings is 1. The van der Waals surface area contributed by atoms with Crippen molar-refractivity contribution in [3.8, 4) is 5.75 Å². The molecule has 0 radical (unpaired) electrons. The average Bonchev–Trinajstić information content (AvgIpc) is 2.90. The largest absolute Gasteiger partial charge is 0.494 e. The molecule has 19 heavy (non-hydrogen) atoms. The zero-order chi connectivity index (χ0) is 13.7. The first kappa shape index (κ1) is 13.4. The Morgan fingerprint density at radius 1 is 1.32 bits per heavy atom. The van der Waals surface area contributed by atoms with Crippen molar-refractivity contribution >= 4 is 23.0 Å². The van der Waals surface area contributed by atoms with Crippen LogP contribution in [-0.2, 0) is 6.54 Å². The summed E-state index contributed by atoms with van der Waals surface area (Å²) >= 11 is 5.09. The van der Waals surface area contributed by atoms with Gasteiger partial charge in [0, 0.05) is 5.69 Å². The van der Waals surface area contributed by atoms with E-state index in [0.717, 1.165) is 17.2 Å². The maximum atomic E-state index is 5.77. The van der Waals surface area contributed by atoms with Crippen LogP contribution in [0.25, 0.3) is 0 Å². The minimum Gasteiger partial charge on any atom is -0.494 e. The molecule has 2 rings (SSSR count). The Morgan fingerprint density at radius 3 is 2.58 bits per heavy atom. The van der Waals surface area contributed by atoms with Crippen molar-refractivity contribution in [2.24, 2.45) is 5.73 Å². The highest BCUT2D eigenvalue weighted by molar-refractivity contribution is 7.80. The Kier molecular flexibility index (Phi) is 4.41. The lowest BCUT2D eigenvalue weighted by Gasteiger charge is -2.22. The van der Waals surface area contributed by atoms with Crippen molar-refractivity contribution in [3.63, 3.8) is 0 Å². The Labute approximate surface area is 117 Å². The molecule has 2 N–H and O–H groups in total. The fourth-order valence-electron chi connectivity index (χ4n) is 1.74. The van der Waals surface area contributed by atoms with Crippen LogP contribution >= 0.6 is 12.2 Å². The van der Waals surface area contributed by atoms with Gasteiger partial charge in [-0.2, -0.15) is 0 Å². The molecule has 100 valence electrons. The molecule has 0 aliphatic carbocycles. The van der Waals surface area contributed by atoms with Gasteiger partial charge in [-0.25, -0.2) is 0 Å². The van der Waals surface area contributed by atoms with Gasteiger partial charge in [-0.1, -0.05) is 0 Å². The third kappa shape index (κ3) is 3.48. The van der Waals surface area contributed by atoms with E-state index in [0.29, 0.717) is 18.3 Å². The molecule has 1 heterocycles. The zero-order valence-electron chi connectivity index (χ0n) is 10.7. The van der Waals surface area contributed by atoms with Crippen LogP contribution in [0.2, 0.25) is 0 Å². The molecule has 0 aliphatic rings. The topological polar surface area (TPSA) is 51.6 Å². The highest BCUT2D eigenvalue weighted by Gasteiger charge is 2.11. The van der Waals surface area contributed by atoms with Crippen LogP contribution < -0.4 is 15.4 Å². The smallest absolute Gasteiger partial charge is 0.171 e. The molecule has 5 heteroatoms. The van der Waals surface area contributed by atoms with E-state index in [9.17, 15) is 0 Å². The van der Waals surface area contributed by atoms with Gasteiger partial charge in [-0.3, -0.25) is 0 Å². The summed E-state index contributed by atoms with van der Waals surface area (Å²) in [6.07, 6.45) is 1.63. The van der Waals surface area contributed by atoms with Crippen molar-refractivity contribution < 1.29 is 9.15 Å². The second-order valence-electron chi connectivity index (χ2n) is 3.93. The Balaban J connectivity index is 2.16. The second kappa shape index (κ2) is 6.24. The fourth-order valence-corrected chi connectivity index (χ4v) is 1.91. The molecule has 0 bridgehead atoms. The number of hydrogen-bond acceptors (Lipinski definition) is 3. The van der Waals surface area contributed by atoms with Crippen LogP contribution in [0.5, 0.6) is 5.75 Å². The van der Waals surface area contributed by atoms with Crippen LogP contribution in [0, 0.1) is 0 Å². The monoisotopic (exact) mass is 276 g/mol. The SMILES string of the molecule is CCOc1ccc(N(Cc2ccco2)C(N)=S)cc1. The molecule has 0 spiro atoms.